The Hall–Kier alpha value is -2.16. The zero-order valence-corrected chi connectivity index (χ0v) is 15.8. The number of carbonyl (C=O) groups is 3. The number of hydrazine groups is 1. The molecule has 2 amide bonds. The molecule has 1 saturated carbocycles. The number of hydrogen-bond donors (Lipinski definition) is 4. The Morgan fingerprint density at radius 3 is 2.35 bits per heavy atom. The molecule has 0 saturated heterocycles. The Kier molecular flexibility index (Phi) is 9.04. The van der Waals surface area contributed by atoms with Crippen LogP contribution >= 0.6 is 0 Å². The lowest BCUT2D eigenvalue weighted by Crippen LogP contribution is -2.53. The van der Waals surface area contributed by atoms with Crippen molar-refractivity contribution in [3.05, 3.63) is 0 Å². The van der Waals surface area contributed by atoms with Crippen LogP contribution in [-0.4, -0.2) is 59.3 Å². The maximum absolute atomic E-state index is 13.1. The smallest absolute Gasteiger partial charge is 0.306 e. The molecule has 1 fully saturated rings. The van der Waals surface area contributed by atoms with Crippen molar-refractivity contribution in [2.45, 2.75) is 58.5 Å². The highest BCUT2D eigenvalue weighted by atomic mass is 16.4. The van der Waals surface area contributed by atoms with Crippen LogP contribution in [0, 0.1) is 11.8 Å². The van der Waals surface area contributed by atoms with Crippen LogP contribution < -0.4 is 16.6 Å². The fourth-order valence-electron chi connectivity index (χ4n) is 3.56. The molecule has 26 heavy (non-hydrogen) atoms. The lowest BCUT2D eigenvalue weighted by Gasteiger charge is -2.32. The van der Waals surface area contributed by atoms with Crippen LogP contribution in [-0.2, 0) is 14.4 Å². The normalized spacial score (nSPS) is 23.6. The van der Waals surface area contributed by atoms with Gasteiger partial charge >= 0.3 is 5.97 Å². The zero-order valence-electron chi connectivity index (χ0n) is 15.8. The van der Waals surface area contributed by atoms with Gasteiger partial charge in [0.1, 0.15) is 6.04 Å². The van der Waals surface area contributed by atoms with Gasteiger partial charge < -0.3 is 20.7 Å². The standard InChI is InChI=1S/C17H31N5O4/c1-4-6-22(7-5-2)16(24)15(21-11(3)23)13-8-12(17(25)26)9-14(13)19-10-20-18/h10,12-15H,4-9,18H2,1-3H3,(H,19,20)(H,21,23)(H,25,26)/t12?,13-,14-,15?/m1/s1. The molecule has 0 aromatic heterocycles. The number of nitrogens with zero attached hydrogens (tertiary/aromatic N) is 2. The largest absolute Gasteiger partial charge is 0.481 e. The fraction of sp³-hybridized carbons (Fsp3) is 0.765. The minimum Gasteiger partial charge on any atom is -0.481 e. The van der Waals surface area contributed by atoms with Gasteiger partial charge in [-0.05, 0) is 25.7 Å². The topological polar surface area (TPSA) is 137 Å². The number of rotatable bonds is 10. The molecule has 0 heterocycles. The van der Waals surface area contributed by atoms with E-state index in [9.17, 15) is 19.5 Å². The summed E-state index contributed by atoms with van der Waals surface area (Å²) >= 11 is 0. The van der Waals surface area contributed by atoms with E-state index >= 15 is 0 Å². The van der Waals surface area contributed by atoms with Gasteiger partial charge in [-0.3, -0.25) is 19.4 Å². The zero-order chi connectivity index (χ0) is 19.7. The Labute approximate surface area is 154 Å². The minimum atomic E-state index is -0.915. The van der Waals surface area contributed by atoms with Gasteiger partial charge in [0.2, 0.25) is 11.8 Å². The van der Waals surface area contributed by atoms with E-state index < -0.39 is 29.9 Å². The Morgan fingerprint density at radius 1 is 1.27 bits per heavy atom. The highest BCUT2D eigenvalue weighted by molar-refractivity contribution is 5.87. The molecule has 5 N–H and O–H groups in total. The summed E-state index contributed by atoms with van der Waals surface area (Å²) in [4.78, 5) is 42.3. The third-order valence-corrected chi connectivity index (χ3v) is 4.62. The quantitative estimate of drug-likeness (QED) is 0.187. The van der Waals surface area contributed by atoms with E-state index in [1.165, 1.54) is 13.3 Å². The summed E-state index contributed by atoms with van der Waals surface area (Å²) in [6, 6.07) is -1.20. The second kappa shape index (κ2) is 10.7. The van der Waals surface area contributed by atoms with Crippen LogP contribution in [0.25, 0.3) is 0 Å². The maximum Gasteiger partial charge on any atom is 0.306 e. The number of aliphatic imine (C=N–C) groups is 1. The van der Waals surface area contributed by atoms with E-state index in [0.29, 0.717) is 19.5 Å². The maximum atomic E-state index is 13.1. The first-order chi connectivity index (χ1) is 12.3. The van der Waals surface area contributed by atoms with E-state index in [-0.39, 0.29) is 18.2 Å². The van der Waals surface area contributed by atoms with Crippen molar-refractivity contribution in [1.29, 1.82) is 0 Å². The lowest BCUT2D eigenvalue weighted by molar-refractivity contribution is -0.142. The average molecular weight is 369 g/mol. The highest BCUT2D eigenvalue weighted by Crippen LogP contribution is 2.36. The molecule has 0 radical (unpaired) electrons. The van der Waals surface area contributed by atoms with Gasteiger partial charge in [-0.2, -0.15) is 0 Å². The first kappa shape index (κ1) is 21.9. The molecule has 0 aliphatic heterocycles. The van der Waals surface area contributed by atoms with E-state index in [4.69, 9.17) is 5.84 Å². The van der Waals surface area contributed by atoms with Gasteiger partial charge in [-0.15, -0.1) is 0 Å². The van der Waals surface area contributed by atoms with Crippen molar-refractivity contribution >= 4 is 24.1 Å². The fourth-order valence-corrected chi connectivity index (χ4v) is 3.56. The van der Waals surface area contributed by atoms with E-state index in [0.717, 1.165) is 12.8 Å². The molecule has 2 unspecified atom stereocenters. The predicted octanol–water partition coefficient (Wildman–Crippen LogP) is 0.111. The second-order valence-electron chi connectivity index (χ2n) is 6.69. The molecule has 9 heteroatoms. The van der Waals surface area contributed by atoms with Crippen LogP contribution in [0.15, 0.2) is 4.99 Å². The first-order valence-corrected chi connectivity index (χ1v) is 9.12. The van der Waals surface area contributed by atoms with Crippen LogP contribution in [0.1, 0.15) is 46.5 Å². The third-order valence-electron chi connectivity index (χ3n) is 4.62. The summed E-state index contributed by atoms with van der Waals surface area (Å²) in [5.41, 5.74) is 2.31. The molecule has 4 atom stereocenters. The van der Waals surface area contributed by atoms with Gasteiger partial charge in [-0.1, -0.05) is 13.8 Å². The number of aliphatic carboxylic acids is 1. The number of carboxylic acid groups (broad SMARTS) is 1. The summed E-state index contributed by atoms with van der Waals surface area (Å²) in [5, 5.41) is 12.1. The number of carboxylic acids is 1. The molecule has 9 nitrogen and oxygen atoms in total. The van der Waals surface area contributed by atoms with Gasteiger partial charge in [-0.25, -0.2) is 5.84 Å². The van der Waals surface area contributed by atoms with Gasteiger partial charge in [0, 0.05) is 25.9 Å². The van der Waals surface area contributed by atoms with Crippen molar-refractivity contribution in [2.75, 3.05) is 13.1 Å². The molecular weight excluding hydrogens is 338 g/mol. The molecular formula is C17H31N5O4. The van der Waals surface area contributed by atoms with E-state index in [1.807, 2.05) is 13.8 Å². The van der Waals surface area contributed by atoms with Crippen LogP contribution in [0.4, 0.5) is 0 Å². The van der Waals surface area contributed by atoms with Crippen molar-refractivity contribution in [1.82, 2.24) is 15.6 Å². The number of hydrogen-bond acceptors (Lipinski definition) is 5. The molecule has 0 bridgehead atoms. The molecule has 0 spiro atoms. The minimum absolute atomic E-state index is 0.180. The molecule has 1 aliphatic carbocycles. The van der Waals surface area contributed by atoms with Gasteiger partial charge in [0.25, 0.3) is 0 Å². The molecule has 1 rings (SSSR count). The molecule has 0 aromatic rings. The van der Waals surface area contributed by atoms with Crippen molar-refractivity contribution in [3.63, 3.8) is 0 Å². The monoisotopic (exact) mass is 369 g/mol. The summed E-state index contributed by atoms with van der Waals surface area (Å²) < 4.78 is 0. The van der Waals surface area contributed by atoms with Crippen LogP contribution in [0.3, 0.4) is 0 Å². The summed E-state index contributed by atoms with van der Waals surface area (Å²) in [6.07, 6.45) is 3.50. The van der Waals surface area contributed by atoms with Crippen molar-refractivity contribution in [3.8, 4) is 0 Å². The van der Waals surface area contributed by atoms with Crippen molar-refractivity contribution in [2.24, 2.45) is 22.7 Å². The second-order valence-corrected chi connectivity index (χ2v) is 6.69. The summed E-state index contributed by atoms with van der Waals surface area (Å²) in [6.45, 7) is 6.51. The summed E-state index contributed by atoms with van der Waals surface area (Å²) in [5.74, 6) is 2.81. The average Bonchev–Trinajstić information content (AvgIpc) is 3.01. The van der Waals surface area contributed by atoms with Gasteiger partial charge in [0.05, 0.1) is 18.3 Å². The Bertz CT molecular complexity index is 519. The SMILES string of the molecule is CCCN(CCC)C(=O)C(NC(C)=O)[C@@H]1CC(C(=O)O)C[C@H]1N=CNN. The van der Waals surface area contributed by atoms with Crippen LogP contribution in [0.5, 0.6) is 0 Å². The van der Waals surface area contributed by atoms with E-state index in [1.54, 1.807) is 4.90 Å². The Balaban J connectivity index is 3.13. The van der Waals surface area contributed by atoms with Crippen molar-refractivity contribution < 1.29 is 19.5 Å². The summed E-state index contributed by atoms with van der Waals surface area (Å²) in [7, 11) is 0. The molecule has 0 aromatic carbocycles. The third kappa shape index (κ3) is 5.98. The molecule has 1 aliphatic rings. The number of amides is 2. The number of nitrogens with one attached hydrogen (secondary N) is 2. The number of nitrogens with two attached hydrogens (primary N) is 1. The molecule has 148 valence electrons. The van der Waals surface area contributed by atoms with Crippen LogP contribution in [0.2, 0.25) is 0 Å². The van der Waals surface area contributed by atoms with Gasteiger partial charge in [0.15, 0.2) is 0 Å². The first-order valence-electron chi connectivity index (χ1n) is 9.12. The Morgan fingerprint density at radius 2 is 1.88 bits per heavy atom. The van der Waals surface area contributed by atoms with E-state index in [2.05, 4.69) is 15.7 Å². The predicted molar refractivity (Wildman–Crippen MR) is 98.2 cm³/mol. The lowest BCUT2D eigenvalue weighted by atomic mass is 9.92. The number of carbonyl (C=O) groups excluding carboxylic acids is 2. The highest BCUT2D eigenvalue weighted by Gasteiger charge is 2.45.